The number of rotatable bonds is 14. The van der Waals surface area contributed by atoms with Gasteiger partial charge >= 0.3 is 132 Å². The van der Waals surface area contributed by atoms with Crippen molar-refractivity contribution in [2.24, 2.45) is 0 Å². The Bertz CT molecular complexity index is 142. The molecular weight excluding hydrogens is 353 g/mol. The van der Waals surface area contributed by atoms with Gasteiger partial charge in [-0.3, -0.25) is 0 Å². The van der Waals surface area contributed by atoms with Gasteiger partial charge in [-0.1, -0.05) is 0 Å². The van der Waals surface area contributed by atoms with E-state index in [4.69, 9.17) is 2.79 Å². The van der Waals surface area contributed by atoms with Gasteiger partial charge in [0.25, 0.3) is 0 Å². The molecule has 0 rings (SSSR count). The Morgan fingerprint density at radius 2 is 0.789 bits per heavy atom. The Morgan fingerprint density at radius 1 is 0.526 bits per heavy atom. The quantitative estimate of drug-likeness (QED) is 0.348. The Hall–Kier alpha value is 1.05. The molecular formula is C16H38Ge2O. The van der Waals surface area contributed by atoms with Gasteiger partial charge in [0.2, 0.25) is 0 Å². The van der Waals surface area contributed by atoms with Gasteiger partial charge in [0.15, 0.2) is 0 Å². The van der Waals surface area contributed by atoms with Crippen molar-refractivity contribution in [3.63, 3.8) is 0 Å². The fraction of sp³-hybridized carbons (Fsp3) is 1.00. The van der Waals surface area contributed by atoms with Crippen LogP contribution in [0.5, 0.6) is 0 Å². The molecule has 19 heavy (non-hydrogen) atoms. The fourth-order valence-corrected chi connectivity index (χ4v) is 25.2. The minimum atomic E-state index is -1.33. The van der Waals surface area contributed by atoms with Crippen LogP contribution in [0.15, 0.2) is 0 Å². The predicted octanol–water partition coefficient (Wildman–Crippen LogP) is 5.65. The summed E-state index contributed by atoms with van der Waals surface area (Å²) in [5, 5.41) is 6.01. The molecule has 0 aromatic rings. The third kappa shape index (κ3) is 12.5. The molecule has 0 N–H and O–H groups in total. The second-order valence-corrected chi connectivity index (χ2v) is 19.6. The van der Waals surface area contributed by atoms with Crippen LogP contribution in [-0.2, 0) is 2.79 Å². The van der Waals surface area contributed by atoms with Crippen molar-refractivity contribution >= 4 is 29.4 Å². The number of hydrogen-bond donors (Lipinski definition) is 0. The van der Waals surface area contributed by atoms with Crippen LogP contribution in [0.25, 0.3) is 0 Å². The monoisotopic (exact) mass is 394 g/mol. The second-order valence-electron chi connectivity index (χ2n) is 5.95. The van der Waals surface area contributed by atoms with E-state index in [0.29, 0.717) is 0 Å². The van der Waals surface area contributed by atoms with Gasteiger partial charge in [-0.15, -0.1) is 0 Å². The van der Waals surface area contributed by atoms with Crippen molar-refractivity contribution < 1.29 is 2.79 Å². The van der Waals surface area contributed by atoms with Crippen molar-refractivity contribution in [2.45, 2.75) is 100 Å². The van der Waals surface area contributed by atoms with E-state index in [0.717, 1.165) is 0 Å². The van der Waals surface area contributed by atoms with Crippen molar-refractivity contribution in [1.29, 1.82) is 0 Å². The molecule has 0 aliphatic heterocycles. The third-order valence-electron chi connectivity index (χ3n) is 3.90. The van der Waals surface area contributed by atoms with Crippen LogP contribution < -0.4 is 0 Å². The summed E-state index contributed by atoms with van der Waals surface area (Å²) in [6.07, 6.45) is 11.2. The van der Waals surface area contributed by atoms with E-state index in [2.05, 4.69) is 27.7 Å². The van der Waals surface area contributed by atoms with Gasteiger partial charge in [0, 0.05) is 0 Å². The van der Waals surface area contributed by atoms with Gasteiger partial charge < -0.3 is 0 Å². The van der Waals surface area contributed by atoms with Crippen molar-refractivity contribution in [3.8, 4) is 0 Å². The molecule has 0 radical (unpaired) electrons. The summed E-state index contributed by atoms with van der Waals surface area (Å²) in [5.41, 5.74) is 0. The standard InChI is InChI=1S/C16H38Ge2O/c1-5-9-13-17(14-10-6-2)19-18(15-11-7-3)16-12-8-4/h17-18H,5-16H2,1-4H3. The Morgan fingerprint density at radius 3 is 1.00 bits per heavy atom. The van der Waals surface area contributed by atoms with Crippen LogP contribution in [0.4, 0.5) is 0 Å². The minimum absolute atomic E-state index is 1.33. The van der Waals surface area contributed by atoms with Crippen LogP contribution in [0, 0.1) is 0 Å². The molecule has 0 spiro atoms. The number of unbranched alkanes of at least 4 members (excludes halogenated alkanes) is 4. The average Bonchev–Trinajstić information content (AvgIpc) is 2.44. The van der Waals surface area contributed by atoms with Crippen LogP contribution in [0.2, 0.25) is 21.0 Å². The van der Waals surface area contributed by atoms with Gasteiger partial charge in [0.1, 0.15) is 0 Å². The van der Waals surface area contributed by atoms with Crippen LogP contribution in [-0.4, -0.2) is 29.4 Å². The van der Waals surface area contributed by atoms with Crippen LogP contribution in [0.1, 0.15) is 79.1 Å². The summed E-state index contributed by atoms with van der Waals surface area (Å²) in [6, 6.07) is 0. The van der Waals surface area contributed by atoms with Crippen LogP contribution in [0.3, 0.4) is 0 Å². The molecule has 0 bridgehead atoms. The molecule has 0 saturated heterocycles. The zero-order valence-corrected chi connectivity index (χ0v) is 18.9. The molecule has 0 aliphatic rings. The second kappa shape index (κ2) is 15.4. The van der Waals surface area contributed by atoms with Gasteiger partial charge in [-0.05, 0) is 0 Å². The first kappa shape index (κ1) is 20.0. The van der Waals surface area contributed by atoms with E-state index in [1.165, 1.54) is 72.4 Å². The summed E-state index contributed by atoms with van der Waals surface area (Å²) >= 11 is -2.66. The third-order valence-corrected chi connectivity index (χ3v) is 22.7. The molecule has 0 aliphatic carbocycles. The summed E-state index contributed by atoms with van der Waals surface area (Å²) in [4.78, 5) is 0. The van der Waals surface area contributed by atoms with Gasteiger partial charge in [0.05, 0.1) is 0 Å². The average molecular weight is 392 g/mol. The SMILES string of the molecule is CCC[CH2][GeH]([CH2]CCC)[O][GeH]([CH2]CCC)[CH2]CCC. The molecule has 1 nitrogen and oxygen atoms in total. The zero-order valence-electron chi connectivity index (χ0n) is 14.0. The molecule has 0 unspecified atom stereocenters. The van der Waals surface area contributed by atoms with E-state index in [9.17, 15) is 0 Å². The van der Waals surface area contributed by atoms with E-state index in [-0.39, 0.29) is 0 Å². The van der Waals surface area contributed by atoms with Gasteiger partial charge in [-0.2, -0.15) is 0 Å². The first-order chi connectivity index (χ1) is 9.28. The van der Waals surface area contributed by atoms with Crippen molar-refractivity contribution in [3.05, 3.63) is 0 Å². The summed E-state index contributed by atoms with van der Waals surface area (Å²) < 4.78 is 6.83. The van der Waals surface area contributed by atoms with E-state index in [1.54, 1.807) is 0 Å². The van der Waals surface area contributed by atoms with E-state index >= 15 is 0 Å². The Kier molecular flexibility index (Phi) is 16.3. The Balaban J connectivity index is 4.16. The maximum atomic E-state index is 6.83. The molecule has 0 saturated carbocycles. The molecule has 3 heteroatoms. The topological polar surface area (TPSA) is 9.23 Å². The molecule has 0 aromatic carbocycles. The first-order valence-electron chi connectivity index (χ1n) is 8.93. The zero-order chi connectivity index (χ0) is 14.3. The van der Waals surface area contributed by atoms with Gasteiger partial charge in [-0.25, -0.2) is 0 Å². The fourth-order valence-electron chi connectivity index (χ4n) is 2.56. The molecule has 0 atom stereocenters. The predicted molar refractivity (Wildman–Crippen MR) is 94.2 cm³/mol. The molecule has 0 heterocycles. The molecule has 0 aromatic heterocycles. The normalized spacial score (nSPS) is 11.7. The first-order valence-corrected chi connectivity index (χ1v) is 17.8. The maximum absolute atomic E-state index is 6.83. The molecule has 116 valence electrons. The number of hydrogen-bond acceptors (Lipinski definition) is 1. The Labute approximate surface area is 132 Å². The van der Waals surface area contributed by atoms with E-state index < -0.39 is 29.4 Å². The van der Waals surface area contributed by atoms with Crippen molar-refractivity contribution in [1.82, 2.24) is 0 Å². The molecule has 0 fully saturated rings. The van der Waals surface area contributed by atoms with E-state index in [1.807, 2.05) is 0 Å². The summed E-state index contributed by atoms with van der Waals surface area (Å²) in [7, 11) is 0. The molecule has 0 amide bonds. The summed E-state index contributed by atoms with van der Waals surface area (Å²) in [5.74, 6) is 0. The summed E-state index contributed by atoms with van der Waals surface area (Å²) in [6.45, 7) is 9.30. The van der Waals surface area contributed by atoms with Crippen molar-refractivity contribution in [2.75, 3.05) is 0 Å². The van der Waals surface area contributed by atoms with Crippen LogP contribution >= 0.6 is 0 Å².